The van der Waals surface area contributed by atoms with Crippen molar-refractivity contribution in [3.8, 4) is 0 Å². The van der Waals surface area contributed by atoms with Crippen molar-refractivity contribution in [2.45, 2.75) is 63.5 Å². The lowest BCUT2D eigenvalue weighted by atomic mass is 9.99. The number of likely N-dealkylation sites (tertiary alicyclic amines) is 1. The van der Waals surface area contributed by atoms with E-state index in [1.54, 1.807) is 6.07 Å². The summed E-state index contributed by atoms with van der Waals surface area (Å²) in [6.07, 6.45) is 10.1. The molecule has 1 saturated heterocycles. The largest absolute Gasteiger partial charge is 0.326 e. The molecule has 0 spiro atoms. The third kappa shape index (κ3) is 3.02. The lowest BCUT2D eigenvalue weighted by molar-refractivity contribution is 0.124. The van der Waals surface area contributed by atoms with Crippen molar-refractivity contribution < 1.29 is 4.39 Å². The topological polar surface area (TPSA) is 41.0 Å². The molecule has 0 atom stereocenters. The van der Waals surface area contributed by atoms with Crippen LogP contribution < -0.4 is 5.69 Å². The van der Waals surface area contributed by atoms with Crippen molar-refractivity contribution in [3.05, 3.63) is 34.5 Å². The molecule has 0 bridgehead atoms. The Balaban J connectivity index is 1.50. The molecular formula is C19H26FN3O. The highest BCUT2D eigenvalue weighted by atomic mass is 19.1. The Morgan fingerprint density at radius 1 is 0.958 bits per heavy atom. The summed E-state index contributed by atoms with van der Waals surface area (Å²) in [5.74, 6) is -0.306. The molecule has 1 aliphatic heterocycles. The molecule has 24 heavy (non-hydrogen) atoms. The lowest BCUT2D eigenvalue weighted by Gasteiger charge is -2.37. The molecule has 2 aliphatic rings. The second kappa shape index (κ2) is 6.71. The molecule has 2 fully saturated rings. The monoisotopic (exact) mass is 331 g/mol. The molecule has 2 heterocycles. The van der Waals surface area contributed by atoms with Crippen LogP contribution in [-0.4, -0.2) is 33.6 Å². The van der Waals surface area contributed by atoms with Gasteiger partial charge in [-0.2, -0.15) is 0 Å². The predicted molar refractivity (Wildman–Crippen MR) is 93.9 cm³/mol. The van der Waals surface area contributed by atoms with Gasteiger partial charge < -0.3 is 9.88 Å². The Morgan fingerprint density at radius 2 is 1.67 bits per heavy atom. The van der Waals surface area contributed by atoms with Crippen LogP contribution in [0.15, 0.2) is 23.0 Å². The number of H-pyrrole nitrogens is 1. The highest BCUT2D eigenvalue weighted by molar-refractivity contribution is 5.75. The summed E-state index contributed by atoms with van der Waals surface area (Å²) in [6, 6.07) is 5.53. The van der Waals surface area contributed by atoms with Gasteiger partial charge in [-0.1, -0.05) is 25.7 Å². The second-order valence-electron chi connectivity index (χ2n) is 7.37. The van der Waals surface area contributed by atoms with Crippen molar-refractivity contribution in [1.29, 1.82) is 0 Å². The molecule has 130 valence electrons. The molecule has 0 unspecified atom stereocenters. The van der Waals surface area contributed by atoms with Crippen molar-refractivity contribution in [2.75, 3.05) is 13.1 Å². The third-order valence-electron chi connectivity index (χ3n) is 5.88. The number of rotatable bonds is 2. The van der Waals surface area contributed by atoms with Gasteiger partial charge >= 0.3 is 5.69 Å². The van der Waals surface area contributed by atoms with Crippen molar-refractivity contribution >= 4 is 11.0 Å². The first-order valence-electron chi connectivity index (χ1n) is 9.36. The molecule has 1 aliphatic carbocycles. The van der Waals surface area contributed by atoms with Crippen LogP contribution in [-0.2, 0) is 0 Å². The van der Waals surface area contributed by atoms with E-state index in [4.69, 9.17) is 0 Å². The first-order valence-corrected chi connectivity index (χ1v) is 9.36. The van der Waals surface area contributed by atoms with E-state index in [1.165, 1.54) is 50.7 Å². The van der Waals surface area contributed by atoms with Crippen molar-refractivity contribution in [3.63, 3.8) is 0 Å². The van der Waals surface area contributed by atoms with Crippen LogP contribution in [0.3, 0.4) is 0 Å². The van der Waals surface area contributed by atoms with Crippen LogP contribution in [0.1, 0.15) is 57.4 Å². The minimum Gasteiger partial charge on any atom is -0.305 e. The van der Waals surface area contributed by atoms with Crippen LogP contribution in [0.2, 0.25) is 0 Å². The maximum atomic E-state index is 13.4. The van der Waals surface area contributed by atoms with Crippen LogP contribution in [0, 0.1) is 5.82 Å². The zero-order chi connectivity index (χ0) is 16.5. The van der Waals surface area contributed by atoms with E-state index in [9.17, 15) is 9.18 Å². The highest BCUT2D eigenvalue weighted by Crippen LogP contribution is 2.29. The first kappa shape index (κ1) is 15.9. The second-order valence-corrected chi connectivity index (χ2v) is 7.37. The Bertz CT molecular complexity index is 750. The van der Waals surface area contributed by atoms with Crippen LogP contribution >= 0.6 is 0 Å². The third-order valence-corrected chi connectivity index (χ3v) is 5.88. The number of fused-ring (bicyclic) bond motifs is 1. The fourth-order valence-corrected chi connectivity index (χ4v) is 4.60. The summed E-state index contributed by atoms with van der Waals surface area (Å²) < 4.78 is 15.2. The van der Waals surface area contributed by atoms with E-state index < -0.39 is 0 Å². The quantitative estimate of drug-likeness (QED) is 0.850. The summed E-state index contributed by atoms with van der Waals surface area (Å²) in [6.45, 7) is 2.13. The molecule has 0 amide bonds. The molecule has 0 radical (unpaired) electrons. The van der Waals surface area contributed by atoms with Gasteiger partial charge in [0, 0.05) is 25.2 Å². The normalized spacial score (nSPS) is 22.0. The molecule has 1 aromatic carbocycles. The van der Waals surface area contributed by atoms with Crippen molar-refractivity contribution in [1.82, 2.24) is 14.5 Å². The van der Waals surface area contributed by atoms with Gasteiger partial charge in [0.25, 0.3) is 0 Å². The van der Waals surface area contributed by atoms with E-state index in [0.29, 0.717) is 5.52 Å². The van der Waals surface area contributed by atoms with Gasteiger partial charge in [-0.15, -0.1) is 0 Å². The summed E-state index contributed by atoms with van der Waals surface area (Å²) in [5.41, 5.74) is 1.32. The van der Waals surface area contributed by atoms with Crippen LogP contribution in [0.5, 0.6) is 0 Å². The average molecular weight is 331 g/mol. The molecule has 1 N–H and O–H groups in total. The number of piperidine rings is 1. The number of hydrogen-bond donors (Lipinski definition) is 1. The van der Waals surface area contributed by atoms with Crippen LogP contribution in [0.25, 0.3) is 11.0 Å². The van der Waals surface area contributed by atoms with Gasteiger partial charge in [-0.05, 0) is 43.9 Å². The minimum absolute atomic E-state index is 0.108. The first-order chi connectivity index (χ1) is 11.7. The number of nitrogens with zero attached hydrogens (tertiary/aromatic N) is 2. The van der Waals surface area contributed by atoms with Gasteiger partial charge in [-0.3, -0.25) is 4.57 Å². The summed E-state index contributed by atoms with van der Waals surface area (Å²) in [7, 11) is 0. The van der Waals surface area contributed by atoms with E-state index in [1.807, 2.05) is 4.57 Å². The Kier molecular flexibility index (Phi) is 4.44. The number of hydrogen-bond acceptors (Lipinski definition) is 2. The van der Waals surface area contributed by atoms with Crippen molar-refractivity contribution in [2.24, 2.45) is 0 Å². The Hall–Kier alpha value is -1.62. The summed E-state index contributed by atoms with van der Waals surface area (Å²) >= 11 is 0. The van der Waals surface area contributed by atoms with E-state index in [2.05, 4.69) is 9.88 Å². The van der Waals surface area contributed by atoms with Gasteiger partial charge in [0.2, 0.25) is 0 Å². The van der Waals surface area contributed by atoms with Gasteiger partial charge in [0.15, 0.2) is 0 Å². The molecule has 1 saturated carbocycles. The zero-order valence-electron chi connectivity index (χ0n) is 14.1. The molecule has 2 aromatic rings. The zero-order valence-corrected chi connectivity index (χ0v) is 14.1. The summed E-state index contributed by atoms with van der Waals surface area (Å²) in [4.78, 5) is 17.8. The molecule has 5 heteroatoms. The average Bonchev–Trinajstić information content (AvgIpc) is 2.77. The molecule has 1 aromatic heterocycles. The SMILES string of the molecule is O=c1[nH]c2cc(F)ccc2n1C1CCN(C2CCCCCC2)CC1. The minimum atomic E-state index is -0.306. The number of nitrogens with one attached hydrogen (secondary N) is 1. The molecule has 4 nitrogen and oxygen atoms in total. The van der Waals surface area contributed by atoms with Gasteiger partial charge in [-0.25, -0.2) is 9.18 Å². The lowest BCUT2D eigenvalue weighted by Crippen LogP contribution is -2.42. The van der Waals surface area contributed by atoms with Gasteiger partial charge in [0.1, 0.15) is 5.82 Å². The molecular weight excluding hydrogens is 305 g/mol. The Labute approximate surface area is 141 Å². The van der Waals surface area contributed by atoms with Crippen LogP contribution in [0.4, 0.5) is 4.39 Å². The maximum absolute atomic E-state index is 13.4. The maximum Gasteiger partial charge on any atom is 0.326 e. The standard InChI is InChI=1S/C19H26FN3O/c20-14-7-8-18-17(13-14)21-19(24)23(18)16-9-11-22(12-10-16)15-5-3-1-2-4-6-15/h7-8,13,15-16H,1-6,9-12H2,(H,21,24). The fourth-order valence-electron chi connectivity index (χ4n) is 4.60. The predicted octanol–water partition coefficient (Wildman–Crippen LogP) is 3.83. The number of imidazole rings is 1. The number of aromatic nitrogens is 2. The summed E-state index contributed by atoms with van der Waals surface area (Å²) in [5, 5.41) is 0. The van der Waals surface area contributed by atoms with E-state index >= 15 is 0 Å². The van der Waals surface area contributed by atoms with Gasteiger partial charge in [0.05, 0.1) is 11.0 Å². The fraction of sp³-hybridized carbons (Fsp3) is 0.632. The Morgan fingerprint density at radius 3 is 2.38 bits per heavy atom. The number of benzene rings is 1. The van der Waals surface area contributed by atoms with E-state index in [-0.39, 0.29) is 17.5 Å². The smallest absolute Gasteiger partial charge is 0.305 e. The number of aromatic amines is 1. The highest BCUT2D eigenvalue weighted by Gasteiger charge is 2.27. The molecule has 4 rings (SSSR count). The van der Waals surface area contributed by atoms with E-state index in [0.717, 1.165) is 37.5 Å². The number of halogens is 1.